The molecule has 0 radical (unpaired) electrons. The zero-order chi connectivity index (χ0) is 8.48. The van der Waals surface area contributed by atoms with Gasteiger partial charge in [0, 0.05) is 5.70 Å². The van der Waals surface area contributed by atoms with Crippen LogP contribution in [0.25, 0.3) is 0 Å². The fourth-order valence-corrected chi connectivity index (χ4v) is 0.988. The summed E-state index contributed by atoms with van der Waals surface area (Å²) in [4.78, 5) is 10.7. The van der Waals surface area contributed by atoms with Gasteiger partial charge in [-0.1, -0.05) is 12.2 Å². The van der Waals surface area contributed by atoms with Crippen molar-refractivity contribution in [1.29, 1.82) is 0 Å². The van der Waals surface area contributed by atoms with E-state index in [2.05, 4.69) is 0 Å². The van der Waals surface area contributed by atoms with E-state index in [-0.39, 0.29) is 0 Å². The van der Waals surface area contributed by atoms with Gasteiger partial charge in [0.2, 0.25) is 0 Å². The van der Waals surface area contributed by atoms with Crippen molar-refractivity contribution in [1.82, 2.24) is 0 Å². The Morgan fingerprint density at radius 2 is 2.45 bits per heavy atom. The SMILES string of the molecule is CC1(C(=O)O)CC=CC=C1N. The molecule has 3 heteroatoms. The van der Waals surface area contributed by atoms with E-state index in [1.807, 2.05) is 6.08 Å². The van der Waals surface area contributed by atoms with Crippen molar-refractivity contribution in [2.24, 2.45) is 11.1 Å². The Bertz CT molecular complexity index is 242. The molecule has 0 heterocycles. The van der Waals surface area contributed by atoms with Crippen LogP contribution in [0.15, 0.2) is 23.9 Å². The quantitative estimate of drug-likeness (QED) is 0.587. The van der Waals surface area contributed by atoms with Gasteiger partial charge in [-0.25, -0.2) is 0 Å². The van der Waals surface area contributed by atoms with Gasteiger partial charge in [0.1, 0.15) is 5.41 Å². The third kappa shape index (κ3) is 1.13. The van der Waals surface area contributed by atoms with E-state index < -0.39 is 11.4 Å². The standard InChI is InChI=1S/C8H11NO2/c1-8(7(10)11)5-3-2-4-6(8)9/h2-4H,5,9H2,1H3,(H,10,11). The van der Waals surface area contributed by atoms with Crippen molar-refractivity contribution in [3.63, 3.8) is 0 Å². The van der Waals surface area contributed by atoms with Crippen LogP contribution in [0.4, 0.5) is 0 Å². The summed E-state index contributed by atoms with van der Waals surface area (Å²) in [6, 6.07) is 0. The average molecular weight is 153 g/mol. The number of hydrogen-bond acceptors (Lipinski definition) is 2. The van der Waals surface area contributed by atoms with E-state index in [1.54, 1.807) is 19.1 Å². The predicted octanol–water partition coefficient (Wildman–Crippen LogP) is 0.880. The van der Waals surface area contributed by atoms with Crippen LogP contribution in [-0.2, 0) is 4.79 Å². The summed E-state index contributed by atoms with van der Waals surface area (Å²) in [6.07, 6.45) is 5.70. The van der Waals surface area contributed by atoms with Crippen molar-refractivity contribution in [2.45, 2.75) is 13.3 Å². The van der Waals surface area contributed by atoms with Crippen molar-refractivity contribution in [2.75, 3.05) is 0 Å². The molecule has 0 aliphatic heterocycles. The number of aliphatic carboxylic acids is 1. The Hall–Kier alpha value is -1.25. The first-order valence-corrected chi connectivity index (χ1v) is 3.43. The highest BCUT2D eigenvalue weighted by atomic mass is 16.4. The summed E-state index contributed by atoms with van der Waals surface area (Å²) < 4.78 is 0. The van der Waals surface area contributed by atoms with E-state index in [0.717, 1.165) is 0 Å². The van der Waals surface area contributed by atoms with Gasteiger partial charge in [-0.3, -0.25) is 4.79 Å². The minimum absolute atomic E-state index is 0.424. The lowest BCUT2D eigenvalue weighted by atomic mass is 9.81. The number of carboxylic acid groups (broad SMARTS) is 1. The number of rotatable bonds is 1. The van der Waals surface area contributed by atoms with Crippen LogP contribution < -0.4 is 5.73 Å². The van der Waals surface area contributed by atoms with Crippen LogP contribution in [0.5, 0.6) is 0 Å². The van der Waals surface area contributed by atoms with Gasteiger partial charge in [-0.2, -0.15) is 0 Å². The molecule has 0 aromatic rings. The lowest BCUT2D eigenvalue weighted by Crippen LogP contribution is -2.34. The van der Waals surface area contributed by atoms with Crippen molar-refractivity contribution in [3.8, 4) is 0 Å². The molecule has 1 aliphatic carbocycles. The maximum atomic E-state index is 10.7. The second-order valence-corrected chi connectivity index (χ2v) is 2.89. The molecule has 1 aliphatic rings. The first-order chi connectivity index (χ1) is 5.07. The summed E-state index contributed by atoms with van der Waals surface area (Å²) in [5.41, 5.74) is 5.07. The van der Waals surface area contributed by atoms with Crippen LogP contribution >= 0.6 is 0 Å². The molecule has 1 atom stereocenters. The molecule has 0 fully saturated rings. The summed E-state index contributed by atoms with van der Waals surface area (Å²) in [5.74, 6) is -0.865. The van der Waals surface area contributed by atoms with E-state index >= 15 is 0 Å². The smallest absolute Gasteiger partial charge is 0.315 e. The van der Waals surface area contributed by atoms with E-state index in [1.165, 1.54) is 0 Å². The van der Waals surface area contributed by atoms with Gasteiger partial charge in [-0.15, -0.1) is 0 Å². The second kappa shape index (κ2) is 2.42. The minimum atomic E-state index is -0.894. The second-order valence-electron chi connectivity index (χ2n) is 2.89. The third-order valence-corrected chi connectivity index (χ3v) is 2.05. The fourth-order valence-electron chi connectivity index (χ4n) is 0.988. The largest absolute Gasteiger partial charge is 0.481 e. The van der Waals surface area contributed by atoms with Crippen LogP contribution in [0.1, 0.15) is 13.3 Å². The Labute approximate surface area is 65.2 Å². The zero-order valence-corrected chi connectivity index (χ0v) is 6.37. The molecular formula is C8H11NO2. The predicted molar refractivity (Wildman–Crippen MR) is 41.8 cm³/mol. The summed E-state index contributed by atoms with van der Waals surface area (Å²) in [7, 11) is 0. The lowest BCUT2D eigenvalue weighted by molar-refractivity contribution is -0.145. The number of hydrogen-bond donors (Lipinski definition) is 2. The molecule has 0 saturated heterocycles. The molecule has 3 N–H and O–H groups in total. The van der Waals surface area contributed by atoms with Crippen LogP contribution in [0.3, 0.4) is 0 Å². The topological polar surface area (TPSA) is 63.3 Å². The first kappa shape index (κ1) is 7.85. The average Bonchev–Trinajstić information content (AvgIpc) is 1.95. The van der Waals surface area contributed by atoms with Gasteiger partial charge in [0.05, 0.1) is 0 Å². The molecule has 11 heavy (non-hydrogen) atoms. The molecule has 0 spiro atoms. The van der Waals surface area contributed by atoms with E-state index in [0.29, 0.717) is 12.1 Å². The summed E-state index contributed by atoms with van der Waals surface area (Å²) in [5, 5.41) is 8.81. The van der Waals surface area contributed by atoms with Gasteiger partial charge < -0.3 is 10.8 Å². The zero-order valence-electron chi connectivity index (χ0n) is 6.37. The number of nitrogens with two attached hydrogens (primary N) is 1. The molecule has 0 bridgehead atoms. The van der Waals surface area contributed by atoms with Crippen molar-refractivity contribution >= 4 is 5.97 Å². The van der Waals surface area contributed by atoms with Crippen LogP contribution in [-0.4, -0.2) is 11.1 Å². The molecule has 1 unspecified atom stereocenters. The first-order valence-electron chi connectivity index (χ1n) is 3.43. The van der Waals surface area contributed by atoms with Crippen LogP contribution in [0.2, 0.25) is 0 Å². The lowest BCUT2D eigenvalue weighted by Gasteiger charge is -2.25. The van der Waals surface area contributed by atoms with Gasteiger partial charge in [-0.05, 0) is 19.4 Å². The number of carbonyl (C=O) groups is 1. The third-order valence-electron chi connectivity index (χ3n) is 2.05. The number of allylic oxidation sites excluding steroid dienone is 3. The molecule has 60 valence electrons. The number of carboxylic acids is 1. The maximum Gasteiger partial charge on any atom is 0.315 e. The van der Waals surface area contributed by atoms with E-state index in [9.17, 15) is 4.79 Å². The molecule has 0 saturated carbocycles. The molecule has 0 amide bonds. The maximum absolute atomic E-state index is 10.7. The summed E-state index contributed by atoms with van der Waals surface area (Å²) >= 11 is 0. The Balaban J connectivity index is 2.97. The molecule has 1 rings (SSSR count). The highest BCUT2D eigenvalue weighted by molar-refractivity contribution is 5.78. The highest BCUT2D eigenvalue weighted by Crippen LogP contribution is 2.31. The molecule has 3 nitrogen and oxygen atoms in total. The molecule has 0 aromatic carbocycles. The van der Waals surface area contributed by atoms with Crippen molar-refractivity contribution in [3.05, 3.63) is 23.9 Å². The minimum Gasteiger partial charge on any atom is -0.481 e. The highest BCUT2D eigenvalue weighted by Gasteiger charge is 2.35. The molecule has 0 aromatic heterocycles. The normalized spacial score (nSPS) is 29.7. The van der Waals surface area contributed by atoms with Crippen molar-refractivity contribution < 1.29 is 9.90 Å². The van der Waals surface area contributed by atoms with Gasteiger partial charge in [0.25, 0.3) is 0 Å². The van der Waals surface area contributed by atoms with Crippen LogP contribution in [0, 0.1) is 5.41 Å². The Morgan fingerprint density at radius 1 is 1.82 bits per heavy atom. The summed E-state index contributed by atoms with van der Waals surface area (Å²) in [6.45, 7) is 1.63. The Kier molecular flexibility index (Phi) is 1.72. The van der Waals surface area contributed by atoms with E-state index in [4.69, 9.17) is 10.8 Å². The fraction of sp³-hybridized carbons (Fsp3) is 0.375. The Morgan fingerprint density at radius 3 is 2.82 bits per heavy atom. The van der Waals surface area contributed by atoms with Gasteiger partial charge >= 0.3 is 5.97 Å². The van der Waals surface area contributed by atoms with Gasteiger partial charge in [0.15, 0.2) is 0 Å². The monoisotopic (exact) mass is 153 g/mol. The molecular weight excluding hydrogens is 142 g/mol.